The zero-order valence-electron chi connectivity index (χ0n) is 14.9. The molecule has 7 heteroatoms. The molecule has 1 aromatic heterocycles. The third-order valence-corrected chi connectivity index (χ3v) is 5.53. The summed E-state index contributed by atoms with van der Waals surface area (Å²) in [4.78, 5) is 15.9. The van der Waals surface area contributed by atoms with Gasteiger partial charge >= 0.3 is 0 Å². The van der Waals surface area contributed by atoms with Crippen molar-refractivity contribution in [3.05, 3.63) is 54.3 Å². The second kappa shape index (κ2) is 6.92. The number of hydrogen-bond acceptors (Lipinski definition) is 5. The Morgan fingerprint density at radius 2 is 2.23 bits per heavy atom. The SMILES string of the molecule is CN1C(c2cn[nH]c2)C=C2C(C3CCCCC3C=CC(N)=O)=NC=CN21. The third-order valence-electron chi connectivity index (χ3n) is 5.53. The lowest BCUT2D eigenvalue weighted by atomic mass is 9.75. The molecule has 0 saturated heterocycles. The number of carbonyl (C=O) groups is 1. The Hall–Kier alpha value is -2.67. The highest BCUT2D eigenvalue weighted by molar-refractivity contribution is 6.03. The summed E-state index contributed by atoms with van der Waals surface area (Å²) in [5.74, 6) is 0.207. The van der Waals surface area contributed by atoms with Crippen LogP contribution in [-0.4, -0.2) is 38.9 Å². The molecule has 3 N–H and O–H groups in total. The number of nitrogens with zero attached hydrogens (tertiary/aromatic N) is 4. The fourth-order valence-electron chi connectivity index (χ4n) is 4.24. The van der Waals surface area contributed by atoms with Gasteiger partial charge in [-0.3, -0.25) is 19.9 Å². The molecule has 0 radical (unpaired) electrons. The van der Waals surface area contributed by atoms with Crippen LogP contribution in [0.1, 0.15) is 37.3 Å². The molecule has 0 bridgehead atoms. The van der Waals surface area contributed by atoms with Gasteiger partial charge in [-0.25, -0.2) is 5.01 Å². The Morgan fingerprint density at radius 3 is 3.00 bits per heavy atom. The molecule has 0 spiro atoms. The molecule has 1 saturated carbocycles. The number of hydrazine groups is 1. The average Bonchev–Trinajstić information content (AvgIpc) is 3.28. The summed E-state index contributed by atoms with van der Waals surface area (Å²) in [6.07, 6.45) is 17.9. The van der Waals surface area contributed by atoms with Gasteiger partial charge in [0.25, 0.3) is 0 Å². The number of primary amides is 1. The van der Waals surface area contributed by atoms with Crippen LogP contribution in [0.25, 0.3) is 0 Å². The Bertz CT molecular complexity index is 791. The van der Waals surface area contributed by atoms with Crippen molar-refractivity contribution >= 4 is 11.6 Å². The normalized spacial score (nSPS) is 29.0. The predicted molar refractivity (Wildman–Crippen MR) is 99.4 cm³/mol. The van der Waals surface area contributed by atoms with Gasteiger partial charge in [-0.05, 0) is 30.9 Å². The molecule has 3 heterocycles. The molecule has 3 unspecified atom stereocenters. The first-order valence-electron chi connectivity index (χ1n) is 9.10. The van der Waals surface area contributed by atoms with Crippen LogP contribution in [0.15, 0.2) is 53.7 Å². The number of nitrogens with two attached hydrogens (primary N) is 1. The molecule has 0 aromatic carbocycles. The summed E-state index contributed by atoms with van der Waals surface area (Å²) in [5.41, 5.74) is 8.66. The third kappa shape index (κ3) is 2.99. The first-order valence-corrected chi connectivity index (χ1v) is 9.10. The van der Waals surface area contributed by atoms with Gasteiger partial charge in [-0.15, -0.1) is 0 Å². The number of amides is 1. The smallest absolute Gasteiger partial charge is 0.241 e. The van der Waals surface area contributed by atoms with Gasteiger partial charge in [0.15, 0.2) is 0 Å². The number of likely N-dealkylation sites (N-methyl/N-ethyl adjacent to an activating group) is 1. The molecule has 1 aliphatic carbocycles. The van der Waals surface area contributed by atoms with Gasteiger partial charge in [0.2, 0.25) is 5.91 Å². The summed E-state index contributed by atoms with van der Waals surface area (Å²) >= 11 is 0. The summed E-state index contributed by atoms with van der Waals surface area (Å²) < 4.78 is 0. The molecule has 3 atom stereocenters. The van der Waals surface area contributed by atoms with Crippen LogP contribution in [-0.2, 0) is 4.79 Å². The number of fused-ring (bicyclic) bond motifs is 1. The van der Waals surface area contributed by atoms with Crippen LogP contribution >= 0.6 is 0 Å². The minimum absolute atomic E-state index is 0.125. The van der Waals surface area contributed by atoms with Crippen LogP contribution in [0.2, 0.25) is 0 Å². The molecule has 2 aliphatic heterocycles. The van der Waals surface area contributed by atoms with E-state index in [2.05, 4.69) is 33.3 Å². The molecule has 3 aliphatic rings. The van der Waals surface area contributed by atoms with E-state index in [0.29, 0.717) is 11.8 Å². The molecule has 4 rings (SSSR count). The average molecular weight is 352 g/mol. The maximum atomic E-state index is 11.2. The van der Waals surface area contributed by atoms with Gasteiger partial charge in [0.1, 0.15) is 0 Å². The van der Waals surface area contributed by atoms with E-state index < -0.39 is 0 Å². The number of H-pyrrole nitrogens is 1. The lowest BCUT2D eigenvalue weighted by molar-refractivity contribution is -0.113. The van der Waals surface area contributed by atoms with E-state index in [9.17, 15) is 4.79 Å². The largest absolute Gasteiger partial charge is 0.366 e. The van der Waals surface area contributed by atoms with Crippen molar-refractivity contribution < 1.29 is 4.79 Å². The maximum Gasteiger partial charge on any atom is 0.241 e. The standard InChI is InChI=1S/C19H24N6O/c1-24-16(14-11-22-23-12-14)10-17-19(21-8-9-25(17)24)15-5-3-2-4-13(15)6-7-18(20)26/h6-13,15-16H,2-5H2,1H3,(H2,20,26)(H,22,23). The number of aromatic nitrogens is 2. The summed E-state index contributed by atoms with van der Waals surface area (Å²) in [5, 5.41) is 11.3. The van der Waals surface area contributed by atoms with Crippen LogP contribution in [0, 0.1) is 11.8 Å². The van der Waals surface area contributed by atoms with Gasteiger partial charge < -0.3 is 5.73 Å². The highest BCUT2D eigenvalue weighted by Gasteiger charge is 2.38. The number of allylic oxidation sites excluding steroid dienone is 2. The molecule has 1 aromatic rings. The topological polar surface area (TPSA) is 90.6 Å². The zero-order valence-corrected chi connectivity index (χ0v) is 14.9. The molecular weight excluding hydrogens is 328 g/mol. The maximum absolute atomic E-state index is 11.2. The lowest BCUT2D eigenvalue weighted by Gasteiger charge is -2.36. The minimum Gasteiger partial charge on any atom is -0.366 e. The Labute approximate surface area is 152 Å². The van der Waals surface area contributed by atoms with Crippen molar-refractivity contribution in [2.75, 3.05) is 7.05 Å². The van der Waals surface area contributed by atoms with E-state index in [0.717, 1.165) is 29.8 Å². The van der Waals surface area contributed by atoms with E-state index in [-0.39, 0.29) is 11.9 Å². The minimum atomic E-state index is -0.388. The van der Waals surface area contributed by atoms with Gasteiger partial charge in [-0.2, -0.15) is 5.10 Å². The van der Waals surface area contributed by atoms with Gasteiger partial charge in [0, 0.05) is 37.1 Å². The number of hydrogen-bond donors (Lipinski definition) is 2. The monoisotopic (exact) mass is 352 g/mol. The quantitative estimate of drug-likeness (QED) is 0.813. The lowest BCUT2D eigenvalue weighted by Crippen LogP contribution is -2.38. The fourth-order valence-corrected chi connectivity index (χ4v) is 4.24. The number of rotatable bonds is 4. The van der Waals surface area contributed by atoms with Crippen molar-refractivity contribution in [1.82, 2.24) is 20.2 Å². The van der Waals surface area contributed by atoms with Gasteiger partial charge in [0.05, 0.1) is 23.6 Å². The Balaban J connectivity index is 1.65. The zero-order chi connectivity index (χ0) is 18.1. The number of nitrogens with one attached hydrogen (secondary N) is 1. The van der Waals surface area contributed by atoms with Crippen molar-refractivity contribution in [1.29, 1.82) is 0 Å². The van der Waals surface area contributed by atoms with E-state index >= 15 is 0 Å². The molecule has 7 nitrogen and oxygen atoms in total. The van der Waals surface area contributed by atoms with Crippen LogP contribution in [0.3, 0.4) is 0 Å². The van der Waals surface area contributed by atoms with E-state index in [4.69, 9.17) is 10.7 Å². The predicted octanol–water partition coefficient (Wildman–Crippen LogP) is 2.27. The molecule has 1 fully saturated rings. The highest BCUT2D eigenvalue weighted by atomic mass is 16.1. The molecular formula is C19H24N6O. The molecule has 26 heavy (non-hydrogen) atoms. The number of carbonyl (C=O) groups excluding carboxylic acids is 1. The van der Waals surface area contributed by atoms with Crippen molar-refractivity contribution in [3.8, 4) is 0 Å². The van der Waals surface area contributed by atoms with E-state index in [1.807, 2.05) is 30.9 Å². The fraction of sp³-hybridized carbons (Fsp3) is 0.421. The van der Waals surface area contributed by atoms with Gasteiger partial charge in [-0.1, -0.05) is 18.9 Å². The second-order valence-electron chi connectivity index (χ2n) is 7.08. The highest BCUT2D eigenvalue weighted by Crippen LogP contribution is 2.40. The molecule has 1 amide bonds. The second-order valence-corrected chi connectivity index (χ2v) is 7.08. The molecule has 136 valence electrons. The first-order chi connectivity index (χ1) is 12.6. The van der Waals surface area contributed by atoms with Crippen LogP contribution < -0.4 is 5.73 Å². The van der Waals surface area contributed by atoms with E-state index in [1.54, 1.807) is 0 Å². The summed E-state index contributed by atoms with van der Waals surface area (Å²) in [6.45, 7) is 0. The van der Waals surface area contributed by atoms with Crippen molar-refractivity contribution in [3.63, 3.8) is 0 Å². The Kier molecular flexibility index (Phi) is 4.46. The first kappa shape index (κ1) is 16.8. The summed E-state index contributed by atoms with van der Waals surface area (Å²) in [7, 11) is 2.07. The van der Waals surface area contributed by atoms with Crippen molar-refractivity contribution in [2.45, 2.75) is 31.7 Å². The van der Waals surface area contributed by atoms with Crippen LogP contribution in [0.5, 0.6) is 0 Å². The van der Waals surface area contributed by atoms with Crippen LogP contribution in [0.4, 0.5) is 0 Å². The van der Waals surface area contributed by atoms with E-state index in [1.165, 1.54) is 18.9 Å². The summed E-state index contributed by atoms with van der Waals surface area (Å²) in [6, 6.07) is 0.125. The number of aromatic amines is 1. The Morgan fingerprint density at radius 1 is 1.38 bits per heavy atom. The number of aliphatic imine (C=N–C) groups is 1. The van der Waals surface area contributed by atoms with Crippen molar-refractivity contribution in [2.24, 2.45) is 22.6 Å².